The van der Waals surface area contributed by atoms with Gasteiger partial charge < -0.3 is 30.3 Å². The minimum absolute atomic E-state index is 1.06. The first-order chi connectivity index (χ1) is 5.91. The van der Waals surface area contributed by atoms with Gasteiger partial charge in [0.15, 0.2) is 5.78 Å². The van der Waals surface area contributed by atoms with E-state index in [0.717, 1.165) is 0 Å². The van der Waals surface area contributed by atoms with Crippen molar-refractivity contribution in [3.63, 3.8) is 0 Å². The van der Waals surface area contributed by atoms with E-state index in [1.54, 1.807) is 0 Å². The minimum atomic E-state index is -2.37. The number of hydrogen-bond donors (Lipinski definition) is 4. The summed E-state index contributed by atoms with van der Waals surface area (Å²) in [7, 11) is 0. The van der Waals surface area contributed by atoms with Crippen LogP contribution in [0.4, 0.5) is 0 Å². The Hall–Kier alpha value is -1.02. The largest absolute Gasteiger partial charge is 0.547 e. The third-order valence-corrected chi connectivity index (χ3v) is 1.37. The zero-order valence-corrected chi connectivity index (χ0v) is 6.45. The van der Waals surface area contributed by atoms with Crippen molar-refractivity contribution in [1.82, 2.24) is 0 Å². The molecule has 3 atom stereocenters. The fourth-order valence-corrected chi connectivity index (χ4v) is 0.596. The minimum Gasteiger partial charge on any atom is -0.547 e. The molecule has 0 aromatic heterocycles. The Morgan fingerprint density at radius 3 is 1.92 bits per heavy atom. The SMILES string of the molecule is O=C([O-])[C@@H](O)[C@H](O)[C@@H](O)C(=O)CO. The highest BCUT2D eigenvalue weighted by molar-refractivity contribution is 5.85. The summed E-state index contributed by atoms with van der Waals surface area (Å²) in [5.41, 5.74) is 0. The highest BCUT2D eigenvalue weighted by Crippen LogP contribution is 2.00. The third-order valence-electron chi connectivity index (χ3n) is 1.37. The van der Waals surface area contributed by atoms with Crippen LogP contribution in [0.1, 0.15) is 0 Å². The van der Waals surface area contributed by atoms with Gasteiger partial charge in [0, 0.05) is 0 Å². The van der Waals surface area contributed by atoms with Crippen LogP contribution in [0.2, 0.25) is 0 Å². The van der Waals surface area contributed by atoms with Gasteiger partial charge in [-0.25, -0.2) is 0 Å². The second-order valence-electron chi connectivity index (χ2n) is 2.32. The Labute approximate surface area is 72.9 Å². The summed E-state index contributed by atoms with van der Waals surface area (Å²) in [5.74, 6) is -3.20. The lowest BCUT2D eigenvalue weighted by atomic mass is 10.1. The van der Waals surface area contributed by atoms with Crippen molar-refractivity contribution in [3.05, 3.63) is 0 Å². The molecule has 0 unspecified atom stereocenters. The van der Waals surface area contributed by atoms with E-state index in [-0.39, 0.29) is 0 Å². The number of carbonyl (C=O) groups is 2. The standard InChI is InChI=1S/C6H10O7/c7-1-2(8)3(9)4(10)5(11)6(12)13/h3-5,7,9-11H,1H2,(H,12,13)/p-1/t3-,4+,5-/m0/s1. The molecule has 0 amide bonds. The lowest BCUT2D eigenvalue weighted by molar-refractivity contribution is -0.319. The number of carboxylic acid groups (broad SMARTS) is 1. The number of carbonyl (C=O) groups excluding carboxylic acids is 2. The van der Waals surface area contributed by atoms with E-state index in [4.69, 9.17) is 20.4 Å². The maximum atomic E-state index is 10.5. The van der Waals surface area contributed by atoms with E-state index in [1.165, 1.54) is 0 Å². The second kappa shape index (κ2) is 4.87. The smallest absolute Gasteiger partial charge is 0.189 e. The molecule has 0 fully saturated rings. The van der Waals surface area contributed by atoms with Crippen LogP contribution in [0.25, 0.3) is 0 Å². The molecule has 7 heteroatoms. The number of aliphatic carboxylic acids is 1. The fraction of sp³-hybridized carbons (Fsp3) is 0.667. The van der Waals surface area contributed by atoms with Gasteiger partial charge in [-0.15, -0.1) is 0 Å². The van der Waals surface area contributed by atoms with Crippen molar-refractivity contribution < 1.29 is 35.1 Å². The van der Waals surface area contributed by atoms with Crippen molar-refractivity contribution in [1.29, 1.82) is 0 Å². The molecule has 0 saturated carbocycles. The predicted molar refractivity (Wildman–Crippen MR) is 35.1 cm³/mol. The van der Waals surface area contributed by atoms with Gasteiger partial charge in [0.05, 0.1) is 5.97 Å². The zero-order chi connectivity index (χ0) is 10.6. The van der Waals surface area contributed by atoms with Crippen LogP contribution in [0.15, 0.2) is 0 Å². The highest BCUT2D eigenvalue weighted by atomic mass is 16.4. The summed E-state index contributed by atoms with van der Waals surface area (Å²) in [6.07, 6.45) is -6.71. The van der Waals surface area contributed by atoms with Crippen LogP contribution in [-0.2, 0) is 9.59 Å². The number of ketones is 1. The van der Waals surface area contributed by atoms with Crippen LogP contribution in [0.3, 0.4) is 0 Å². The predicted octanol–water partition coefficient (Wildman–Crippen LogP) is -4.62. The van der Waals surface area contributed by atoms with Gasteiger partial charge >= 0.3 is 0 Å². The molecular weight excluding hydrogens is 184 g/mol. The van der Waals surface area contributed by atoms with Gasteiger partial charge in [-0.05, 0) is 0 Å². The number of carboxylic acids is 1. The first-order valence-corrected chi connectivity index (χ1v) is 3.30. The number of rotatable bonds is 5. The van der Waals surface area contributed by atoms with Crippen molar-refractivity contribution in [2.24, 2.45) is 0 Å². The normalized spacial score (nSPS) is 17.5. The van der Waals surface area contributed by atoms with E-state index in [1.807, 2.05) is 0 Å². The average molecular weight is 193 g/mol. The molecule has 76 valence electrons. The molecule has 0 spiro atoms. The van der Waals surface area contributed by atoms with Crippen LogP contribution in [0.5, 0.6) is 0 Å². The number of hydrogen-bond acceptors (Lipinski definition) is 7. The topological polar surface area (TPSA) is 138 Å². The van der Waals surface area contributed by atoms with Crippen molar-refractivity contribution >= 4 is 11.8 Å². The average Bonchev–Trinajstić information content (AvgIpc) is 2.12. The van der Waals surface area contributed by atoms with Gasteiger partial charge in [-0.3, -0.25) is 4.79 Å². The van der Waals surface area contributed by atoms with E-state index in [2.05, 4.69) is 0 Å². The number of aliphatic hydroxyl groups is 4. The van der Waals surface area contributed by atoms with Crippen molar-refractivity contribution in [3.8, 4) is 0 Å². The Morgan fingerprint density at radius 2 is 1.62 bits per heavy atom. The van der Waals surface area contributed by atoms with E-state index < -0.39 is 36.7 Å². The van der Waals surface area contributed by atoms with Crippen LogP contribution in [0, 0.1) is 0 Å². The Morgan fingerprint density at radius 1 is 1.15 bits per heavy atom. The van der Waals surface area contributed by atoms with Crippen LogP contribution in [-0.4, -0.2) is 57.1 Å². The lowest BCUT2D eigenvalue weighted by Crippen LogP contribution is -2.51. The van der Waals surface area contributed by atoms with Gasteiger partial charge in [0.2, 0.25) is 0 Å². The van der Waals surface area contributed by atoms with E-state index in [0.29, 0.717) is 0 Å². The maximum Gasteiger partial charge on any atom is 0.189 e. The first kappa shape index (κ1) is 12.0. The van der Waals surface area contributed by atoms with Crippen molar-refractivity contribution in [2.75, 3.05) is 6.61 Å². The molecule has 13 heavy (non-hydrogen) atoms. The molecule has 0 bridgehead atoms. The summed E-state index contributed by atoms with van der Waals surface area (Å²) in [5, 5.41) is 44.4. The summed E-state index contributed by atoms with van der Waals surface area (Å²) < 4.78 is 0. The molecule has 4 N–H and O–H groups in total. The molecule has 0 aliphatic heterocycles. The maximum absolute atomic E-state index is 10.5. The summed E-state index contributed by atoms with van der Waals surface area (Å²) in [6, 6.07) is 0. The first-order valence-electron chi connectivity index (χ1n) is 3.30. The molecule has 0 aliphatic carbocycles. The lowest BCUT2D eigenvalue weighted by Gasteiger charge is -2.21. The molecule has 0 aromatic rings. The summed E-state index contributed by atoms with van der Waals surface area (Å²) in [6.45, 7) is -1.06. The summed E-state index contributed by atoms with van der Waals surface area (Å²) >= 11 is 0. The van der Waals surface area contributed by atoms with Gasteiger partial charge in [0.25, 0.3) is 0 Å². The van der Waals surface area contributed by atoms with E-state index >= 15 is 0 Å². The number of aliphatic hydroxyl groups excluding tert-OH is 4. The van der Waals surface area contributed by atoms with Gasteiger partial charge in [0.1, 0.15) is 24.9 Å². The Kier molecular flexibility index (Phi) is 4.49. The third kappa shape index (κ3) is 3.07. The van der Waals surface area contributed by atoms with Crippen LogP contribution < -0.4 is 5.11 Å². The Bertz CT molecular complexity index is 201. The summed E-state index contributed by atoms with van der Waals surface area (Å²) in [4.78, 5) is 20.4. The second-order valence-corrected chi connectivity index (χ2v) is 2.32. The number of Topliss-reactive ketones (excluding diaryl/α,β-unsaturated/α-hetero) is 1. The monoisotopic (exact) mass is 193 g/mol. The molecule has 0 rings (SSSR count). The van der Waals surface area contributed by atoms with E-state index in [9.17, 15) is 14.7 Å². The molecule has 7 nitrogen and oxygen atoms in total. The van der Waals surface area contributed by atoms with Gasteiger partial charge in [-0.1, -0.05) is 0 Å². The fourth-order valence-electron chi connectivity index (χ4n) is 0.596. The van der Waals surface area contributed by atoms with Gasteiger partial charge in [-0.2, -0.15) is 0 Å². The zero-order valence-electron chi connectivity index (χ0n) is 6.45. The highest BCUT2D eigenvalue weighted by Gasteiger charge is 2.30. The molecule has 0 saturated heterocycles. The molecular formula is C6H9O7-. The van der Waals surface area contributed by atoms with Crippen LogP contribution >= 0.6 is 0 Å². The van der Waals surface area contributed by atoms with Crippen molar-refractivity contribution in [2.45, 2.75) is 18.3 Å². The molecule has 0 aromatic carbocycles. The molecule has 0 heterocycles. The molecule has 0 radical (unpaired) electrons. The quantitative estimate of drug-likeness (QED) is 0.344. The Balaban J connectivity index is 4.32. The molecule has 0 aliphatic rings.